The van der Waals surface area contributed by atoms with Gasteiger partial charge in [-0.25, -0.2) is 8.78 Å². The van der Waals surface area contributed by atoms with Gasteiger partial charge in [-0.05, 0) is 0 Å². The van der Waals surface area contributed by atoms with Gasteiger partial charge in [0.05, 0.1) is 13.0 Å². The Kier molecular flexibility index (Phi) is 3.41. The van der Waals surface area contributed by atoms with Crippen molar-refractivity contribution in [1.29, 1.82) is 0 Å². The number of carbonyl (C=O) groups excluding carboxylic acids is 1. The number of esters is 1. The minimum Gasteiger partial charge on any atom is -0.469 e. The van der Waals surface area contributed by atoms with Crippen molar-refractivity contribution >= 4 is 18.4 Å². The summed E-state index contributed by atoms with van der Waals surface area (Å²) in [5, 5.41) is 0. The lowest BCUT2D eigenvalue weighted by atomic mass is 10.3. The number of ether oxygens (including phenoxy) is 1. The molecule has 0 aromatic carbocycles. The minimum atomic E-state index is -2.94. The highest BCUT2D eigenvalue weighted by atomic mass is 35.5. The van der Waals surface area contributed by atoms with Crippen molar-refractivity contribution < 1.29 is 18.3 Å². The van der Waals surface area contributed by atoms with Crippen molar-refractivity contribution in [3.63, 3.8) is 0 Å². The van der Waals surface area contributed by atoms with Crippen LogP contribution in [-0.2, 0) is 9.53 Å². The summed E-state index contributed by atoms with van der Waals surface area (Å²) in [5.41, 5.74) is 5.00. The number of rotatable bonds is 2. The van der Waals surface area contributed by atoms with Gasteiger partial charge in [0, 0.05) is 6.54 Å². The molecule has 1 aliphatic carbocycles. The van der Waals surface area contributed by atoms with Crippen LogP contribution in [0.25, 0.3) is 0 Å². The van der Waals surface area contributed by atoms with Crippen molar-refractivity contribution in [2.75, 3.05) is 13.7 Å². The summed E-state index contributed by atoms with van der Waals surface area (Å²) < 4.78 is 29.2. The topological polar surface area (TPSA) is 52.3 Å². The lowest BCUT2D eigenvalue weighted by Gasteiger charge is -1.93. The van der Waals surface area contributed by atoms with E-state index in [0.717, 1.165) is 7.11 Å². The van der Waals surface area contributed by atoms with Crippen LogP contribution in [0.5, 0.6) is 0 Å². The van der Waals surface area contributed by atoms with Crippen LogP contribution < -0.4 is 5.73 Å². The number of methoxy groups -OCH3 is 1. The van der Waals surface area contributed by atoms with E-state index in [1.54, 1.807) is 0 Å². The molecule has 0 radical (unpaired) electrons. The normalized spacial score (nSPS) is 30.3. The number of alkyl halides is 2. The second kappa shape index (κ2) is 3.53. The average Bonchev–Trinajstić information content (AvgIpc) is 2.51. The highest BCUT2D eigenvalue weighted by Crippen LogP contribution is 2.54. The Balaban J connectivity index is 0.00000121. The Morgan fingerprint density at radius 1 is 1.67 bits per heavy atom. The Morgan fingerprint density at radius 2 is 2.17 bits per heavy atom. The monoisotopic (exact) mass is 201 g/mol. The molecule has 12 heavy (non-hydrogen) atoms. The lowest BCUT2D eigenvalue weighted by molar-refractivity contribution is -0.144. The summed E-state index contributed by atoms with van der Waals surface area (Å²) in [5.74, 6) is -6.14. The third-order valence-corrected chi connectivity index (χ3v) is 1.91. The fourth-order valence-electron chi connectivity index (χ4n) is 1.13. The van der Waals surface area contributed by atoms with Gasteiger partial charge in [-0.2, -0.15) is 0 Å². The van der Waals surface area contributed by atoms with Crippen LogP contribution in [0.2, 0.25) is 0 Å². The molecule has 1 aliphatic rings. The van der Waals surface area contributed by atoms with Gasteiger partial charge in [0.25, 0.3) is 5.92 Å². The molecule has 1 fully saturated rings. The highest BCUT2D eigenvalue weighted by Gasteiger charge is 2.71. The number of hydrogen-bond donors (Lipinski definition) is 1. The van der Waals surface area contributed by atoms with E-state index in [4.69, 9.17) is 5.73 Å². The number of hydrogen-bond acceptors (Lipinski definition) is 3. The molecule has 0 spiro atoms. The number of halogens is 3. The first-order valence-electron chi connectivity index (χ1n) is 3.21. The fourth-order valence-corrected chi connectivity index (χ4v) is 1.13. The summed E-state index contributed by atoms with van der Waals surface area (Å²) in [4.78, 5) is 10.6. The van der Waals surface area contributed by atoms with Crippen LogP contribution >= 0.6 is 12.4 Å². The minimum absolute atomic E-state index is 0. The summed E-state index contributed by atoms with van der Waals surface area (Å²) in [6, 6.07) is 0. The summed E-state index contributed by atoms with van der Waals surface area (Å²) >= 11 is 0. The predicted molar refractivity (Wildman–Crippen MR) is 40.2 cm³/mol. The molecule has 1 rings (SSSR count). The second-order valence-electron chi connectivity index (χ2n) is 2.52. The van der Waals surface area contributed by atoms with Gasteiger partial charge in [-0.15, -0.1) is 12.4 Å². The molecule has 0 heterocycles. The lowest BCUT2D eigenvalue weighted by Crippen LogP contribution is -2.09. The van der Waals surface area contributed by atoms with Crippen molar-refractivity contribution in [3.8, 4) is 0 Å². The van der Waals surface area contributed by atoms with Crippen LogP contribution in [-0.4, -0.2) is 25.5 Å². The Morgan fingerprint density at radius 3 is 2.42 bits per heavy atom. The van der Waals surface area contributed by atoms with Crippen LogP contribution in [0, 0.1) is 11.8 Å². The summed E-state index contributed by atoms with van der Waals surface area (Å²) in [7, 11) is 1.09. The van der Waals surface area contributed by atoms with Crippen molar-refractivity contribution in [3.05, 3.63) is 0 Å². The molecule has 2 atom stereocenters. The molecule has 0 unspecified atom stereocenters. The highest BCUT2D eigenvalue weighted by molar-refractivity contribution is 5.85. The third-order valence-electron chi connectivity index (χ3n) is 1.91. The average molecular weight is 202 g/mol. The molecule has 6 heteroatoms. The van der Waals surface area contributed by atoms with E-state index < -0.39 is 23.7 Å². The van der Waals surface area contributed by atoms with Crippen molar-refractivity contribution in [1.82, 2.24) is 0 Å². The zero-order valence-electron chi connectivity index (χ0n) is 6.42. The van der Waals surface area contributed by atoms with Gasteiger partial charge < -0.3 is 10.5 Å². The van der Waals surface area contributed by atoms with Gasteiger partial charge in [-0.1, -0.05) is 0 Å². The number of nitrogens with two attached hydrogens (primary N) is 1. The van der Waals surface area contributed by atoms with Crippen LogP contribution in [0.1, 0.15) is 0 Å². The van der Waals surface area contributed by atoms with Gasteiger partial charge >= 0.3 is 5.97 Å². The first-order chi connectivity index (χ1) is 5.05. The van der Waals surface area contributed by atoms with Crippen molar-refractivity contribution in [2.45, 2.75) is 5.92 Å². The van der Waals surface area contributed by atoms with Crippen LogP contribution in [0.3, 0.4) is 0 Å². The number of carbonyl (C=O) groups is 1. The molecule has 0 amide bonds. The van der Waals surface area contributed by atoms with Gasteiger partial charge in [0.15, 0.2) is 0 Å². The molecule has 0 aliphatic heterocycles. The summed E-state index contributed by atoms with van der Waals surface area (Å²) in [6.07, 6.45) is 0. The molecular weight excluding hydrogens is 192 g/mol. The molecule has 0 saturated heterocycles. The fraction of sp³-hybridized carbons (Fsp3) is 0.833. The van der Waals surface area contributed by atoms with Gasteiger partial charge in [0.1, 0.15) is 5.92 Å². The molecule has 0 aromatic rings. The molecule has 1 saturated carbocycles. The maximum atomic E-state index is 12.5. The zero-order chi connectivity index (χ0) is 8.65. The second-order valence-corrected chi connectivity index (χ2v) is 2.52. The van der Waals surface area contributed by atoms with E-state index >= 15 is 0 Å². The first kappa shape index (κ1) is 11.6. The standard InChI is InChI=1S/C6H9F2NO2.ClH/c1-11-5(10)4-3(2-9)6(4,7)8;/h3-4H,2,9H2,1H3;1H/t3-,4+;/m1./s1. The Hall–Kier alpha value is -0.420. The van der Waals surface area contributed by atoms with Gasteiger partial charge in [0.2, 0.25) is 0 Å². The predicted octanol–water partition coefficient (Wildman–Crippen LogP) is 0.421. The van der Waals surface area contributed by atoms with Crippen LogP contribution in [0.15, 0.2) is 0 Å². The van der Waals surface area contributed by atoms with E-state index in [1.165, 1.54) is 0 Å². The maximum Gasteiger partial charge on any atom is 0.315 e. The first-order valence-corrected chi connectivity index (χ1v) is 3.21. The third kappa shape index (κ3) is 1.51. The smallest absolute Gasteiger partial charge is 0.315 e. The Labute approximate surface area is 74.7 Å². The molecule has 0 aromatic heterocycles. The molecular formula is C6H10ClF2NO2. The van der Waals surface area contributed by atoms with E-state index in [2.05, 4.69) is 4.74 Å². The van der Waals surface area contributed by atoms with E-state index in [1.807, 2.05) is 0 Å². The quantitative estimate of drug-likeness (QED) is 0.659. The van der Waals surface area contributed by atoms with E-state index in [9.17, 15) is 13.6 Å². The molecule has 0 bridgehead atoms. The largest absolute Gasteiger partial charge is 0.469 e. The van der Waals surface area contributed by atoms with Gasteiger partial charge in [-0.3, -0.25) is 4.79 Å². The Bertz CT molecular complexity index is 188. The SMILES string of the molecule is COC(=O)[C@@H]1[C@@H](CN)C1(F)F.Cl. The van der Waals surface area contributed by atoms with E-state index in [-0.39, 0.29) is 19.0 Å². The van der Waals surface area contributed by atoms with Crippen molar-refractivity contribution in [2.24, 2.45) is 17.6 Å². The zero-order valence-corrected chi connectivity index (χ0v) is 7.24. The van der Waals surface area contributed by atoms with E-state index in [0.29, 0.717) is 0 Å². The maximum absolute atomic E-state index is 12.5. The molecule has 3 nitrogen and oxygen atoms in total. The van der Waals surface area contributed by atoms with Crippen LogP contribution in [0.4, 0.5) is 8.78 Å². The molecule has 72 valence electrons. The summed E-state index contributed by atoms with van der Waals surface area (Å²) in [6.45, 7) is -0.174. The molecule has 2 N–H and O–H groups in total.